The van der Waals surface area contributed by atoms with Crippen molar-refractivity contribution >= 4 is 45.9 Å². The minimum atomic E-state index is -0.107. The third kappa shape index (κ3) is 5.01. The molecule has 0 unspecified atom stereocenters. The highest BCUT2D eigenvalue weighted by atomic mass is 32.1. The molecule has 6 nitrogen and oxygen atoms in total. The van der Waals surface area contributed by atoms with Gasteiger partial charge in [0, 0.05) is 23.1 Å². The van der Waals surface area contributed by atoms with Crippen LogP contribution in [-0.4, -0.2) is 15.9 Å². The van der Waals surface area contributed by atoms with Crippen molar-refractivity contribution < 1.29 is 4.79 Å². The van der Waals surface area contributed by atoms with Crippen molar-refractivity contribution in [3.05, 3.63) is 88.4 Å². The maximum absolute atomic E-state index is 12.2. The van der Waals surface area contributed by atoms with Gasteiger partial charge in [-0.15, -0.1) is 11.3 Å². The van der Waals surface area contributed by atoms with Crippen LogP contribution in [0.4, 0.5) is 28.7 Å². The molecule has 0 saturated heterocycles. The molecule has 1 amide bonds. The molecule has 2 aromatic heterocycles. The molecule has 0 spiro atoms. The van der Waals surface area contributed by atoms with Crippen LogP contribution in [0.2, 0.25) is 0 Å². The van der Waals surface area contributed by atoms with Gasteiger partial charge in [-0.3, -0.25) is 4.79 Å². The Labute approximate surface area is 179 Å². The predicted octanol–water partition coefficient (Wildman–Crippen LogP) is 5.89. The first-order valence-electron chi connectivity index (χ1n) is 9.46. The van der Waals surface area contributed by atoms with Crippen molar-refractivity contribution in [1.29, 1.82) is 0 Å². The van der Waals surface area contributed by atoms with Crippen molar-refractivity contribution in [2.75, 3.05) is 16.0 Å². The first-order chi connectivity index (χ1) is 14.5. The largest absolute Gasteiger partial charge is 0.340 e. The summed E-state index contributed by atoms with van der Waals surface area (Å²) in [5, 5.41) is 11.4. The highest BCUT2D eigenvalue weighted by molar-refractivity contribution is 7.12. The molecule has 7 heteroatoms. The average Bonchev–Trinajstić information content (AvgIpc) is 3.26. The SMILES string of the molecule is Cc1ccc(Nc2cc(Nc3ccc(NC(=O)c4cccs4)cc3)nc(C)n2)cc1. The van der Waals surface area contributed by atoms with Gasteiger partial charge in [0.15, 0.2) is 0 Å². The standard InChI is InChI=1S/C23H21N5OS/c1-15-5-7-17(8-6-15)26-21-14-22(25-16(2)24-21)27-18-9-11-19(12-10-18)28-23(29)20-4-3-13-30-20/h3-14H,1-2H3,(H,28,29)(H2,24,25,26,27). The van der Waals surface area contributed by atoms with Gasteiger partial charge in [0.1, 0.15) is 17.5 Å². The third-order valence-electron chi connectivity index (χ3n) is 4.32. The number of aromatic nitrogens is 2. The molecule has 0 saturated carbocycles. The van der Waals surface area contributed by atoms with Gasteiger partial charge in [-0.25, -0.2) is 9.97 Å². The summed E-state index contributed by atoms with van der Waals surface area (Å²) in [7, 11) is 0. The van der Waals surface area contributed by atoms with E-state index in [2.05, 4.69) is 32.8 Å². The Morgan fingerprint density at radius 2 is 1.37 bits per heavy atom. The number of carbonyl (C=O) groups excluding carboxylic acids is 1. The van der Waals surface area contributed by atoms with E-state index in [1.54, 1.807) is 6.07 Å². The lowest BCUT2D eigenvalue weighted by Crippen LogP contribution is -2.09. The number of amides is 1. The summed E-state index contributed by atoms with van der Waals surface area (Å²) < 4.78 is 0. The summed E-state index contributed by atoms with van der Waals surface area (Å²) in [5.41, 5.74) is 3.77. The van der Waals surface area contributed by atoms with Gasteiger partial charge in [0.2, 0.25) is 0 Å². The minimum absolute atomic E-state index is 0.107. The molecular formula is C23H21N5OS. The monoisotopic (exact) mass is 415 g/mol. The number of rotatable bonds is 6. The van der Waals surface area contributed by atoms with Crippen LogP contribution in [0.5, 0.6) is 0 Å². The van der Waals surface area contributed by atoms with Gasteiger partial charge in [0.05, 0.1) is 4.88 Å². The average molecular weight is 416 g/mol. The van der Waals surface area contributed by atoms with E-state index in [0.29, 0.717) is 22.3 Å². The van der Waals surface area contributed by atoms with Gasteiger partial charge >= 0.3 is 0 Å². The second-order valence-electron chi connectivity index (χ2n) is 6.81. The van der Waals surface area contributed by atoms with Crippen molar-refractivity contribution in [3.63, 3.8) is 0 Å². The number of anilines is 5. The zero-order chi connectivity index (χ0) is 20.9. The molecular weight excluding hydrogens is 394 g/mol. The molecule has 3 N–H and O–H groups in total. The van der Waals surface area contributed by atoms with Crippen molar-refractivity contribution in [2.24, 2.45) is 0 Å². The smallest absolute Gasteiger partial charge is 0.265 e. The molecule has 0 aliphatic heterocycles. The zero-order valence-corrected chi connectivity index (χ0v) is 17.5. The highest BCUT2D eigenvalue weighted by Crippen LogP contribution is 2.22. The van der Waals surface area contributed by atoms with Gasteiger partial charge in [0.25, 0.3) is 5.91 Å². The topological polar surface area (TPSA) is 78.9 Å². The van der Waals surface area contributed by atoms with Crippen molar-refractivity contribution in [1.82, 2.24) is 9.97 Å². The molecule has 0 atom stereocenters. The molecule has 0 fully saturated rings. The van der Waals surface area contributed by atoms with E-state index in [-0.39, 0.29) is 5.91 Å². The number of nitrogens with zero attached hydrogens (tertiary/aromatic N) is 2. The maximum atomic E-state index is 12.2. The molecule has 0 aliphatic rings. The van der Waals surface area contributed by atoms with Crippen LogP contribution in [0.15, 0.2) is 72.1 Å². The number of hydrogen-bond donors (Lipinski definition) is 3. The molecule has 30 heavy (non-hydrogen) atoms. The van der Waals surface area contributed by atoms with Crippen LogP contribution < -0.4 is 16.0 Å². The molecule has 0 aliphatic carbocycles. The summed E-state index contributed by atoms with van der Waals surface area (Å²) in [6.07, 6.45) is 0. The Bertz CT molecular complexity index is 1140. The molecule has 4 aromatic rings. The number of aryl methyl sites for hydroxylation is 2. The normalized spacial score (nSPS) is 10.5. The molecule has 2 aromatic carbocycles. The molecule has 2 heterocycles. The van der Waals surface area contributed by atoms with E-state index in [4.69, 9.17) is 0 Å². The fourth-order valence-electron chi connectivity index (χ4n) is 2.87. The second kappa shape index (κ2) is 8.75. The number of carbonyl (C=O) groups is 1. The van der Waals surface area contributed by atoms with Gasteiger partial charge in [-0.2, -0.15) is 0 Å². The first kappa shape index (κ1) is 19.6. The lowest BCUT2D eigenvalue weighted by atomic mass is 10.2. The molecule has 0 bridgehead atoms. The summed E-state index contributed by atoms with van der Waals surface area (Å²) in [6.45, 7) is 3.91. The Hall–Kier alpha value is -3.71. The predicted molar refractivity (Wildman–Crippen MR) is 123 cm³/mol. The molecule has 4 rings (SSSR count). The van der Waals surface area contributed by atoms with Gasteiger partial charge < -0.3 is 16.0 Å². The summed E-state index contributed by atoms with van der Waals surface area (Å²) >= 11 is 1.41. The zero-order valence-electron chi connectivity index (χ0n) is 16.6. The Morgan fingerprint density at radius 3 is 1.93 bits per heavy atom. The Morgan fingerprint density at radius 1 is 0.800 bits per heavy atom. The first-order valence-corrected chi connectivity index (χ1v) is 10.3. The second-order valence-corrected chi connectivity index (χ2v) is 7.76. The van der Waals surface area contributed by atoms with Gasteiger partial charge in [-0.05, 0) is 61.7 Å². The van der Waals surface area contributed by atoms with Crippen LogP contribution >= 0.6 is 11.3 Å². The Balaban J connectivity index is 1.44. The summed E-state index contributed by atoms with van der Waals surface area (Å²) in [5.74, 6) is 1.96. The number of hydrogen-bond acceptors (Lipinski definition) is 6. The lowest BCUT2D eigenvalue weighted by Gasteiger charge is -2.11. The quantitative estimate of drug-likeness (QED) is 0.366. The van der Waals surface area contributed by atoms with E-state index in [9.17, 15) is 4.79 Å². The Kier molecular flexibility index (Phi) is 5.72. The van der Waals surface area contributed by atoms with Crippen LogP contribution in [-0.2, 0) is 0 Å². The molecule has 150 valence electrons. The van der Waals surface area contributed by atoms with Crippen molar-refractivity contribution in [3.8, 4) is 0 Å². The number of thiophene rings is 1. The highest BCUT2D eigenvalue weighted by Gasteiger charge is 2.07. The fourth-order valence-corrected chi connectivity index (χ4v) is 3.48. The maximum Gasteiger partial charge on any atom is 0.265 e. The van der Waals surface area contributed by atoms with E-state index < -0.39 is 0 Å². The fraction of sp³-hybridized carbons (Fsp3) is 0.0870. The van der Waals surface area contributed by atoms with E-state index in [1.165, 1.54) is 16.9 Å². The lowest BCUT2D eigenvalue weighted by molar-refractivity contribution is 0.103. The van der Waals surface area contributed by atoms with Crippen LogP contribution in [0.3, 0.4) is 0 Å². The summed E-state index contributed by atoms with van der Waals surface area (Å²) in [4.78, 5) is 21.8. The number of nitrogens with one attached hydrogen (secondary N) is 3. The van der Waals surface area contributed by atoms with E-state index >= 15 is 0 Å². The minimum Gasteiger partial charge on any atom is -0.340 e. The van der Waals surface area contributed by atoms with Crippen LogP contribution in [0.1, 0.15) is 21.1 Å². The van der Waals surface area contributed by atoms with Crippen molar-refractivity contribution in [2.45, 2.75) is 13.8 Å². The van der Waals surface area contributed by atoms with Crippen LogP contribution in [0.25, 0.3) is 0 Å². The van der Waals surface area contributed by atoms with Gasteiger partial charge in [-0.1, -0.05) is 23.8 Å². The van der Waals surface area contributed by atoms with E-state index in [0.717, 1.165) is 17.1 Å². The summed E-state index contributed by atoms with van der Waals surface area (Å²) in [6, 6.07) is 21.2. The third-order valence-corrected chi connectivity index (χ3v) is 5.19. The van der Waals surface area contributed by atoms with Crippen LogP contribution in [0, 0.1) is 13.8 Å². The molecule has 0 radical (unpaired) electrons. The number of benzene rings is 2. The van der Waals surface area contributed by atoms with E-state index in [1.807, 2.05) is 73.0 Å².